The van der Waals surface area contributed by atoms with Crippen LogP contribution in [0, 0.1) is 0 Å². The van der Waals surface area contributed by atoms with Crippen molar-refractivity contribution in [2.75, 3.05) is 13.2 Å². The van der Waals surface area contributed by atoms with Crippen molar-refractivity contribution < 1.29 is 31.1 Å². The van der Waals surface area contributed by atoms with Gasteiger partial charge in [-0.25, -0.2) is 8.49 Å². The van der Waals surface area contributed by atoms with Gasteiger partial charge in [0.15, 0.2) is 0 Å². The predicted octanol–water partition coefficient (Wildman–Crippen LogP) is 1.77. The topological polar surface area (TPSA) is 124 Å². The summed E-state index contributed by atoms with van der Waals surface area (Å²) in [5, 5.41) is 0. The average Bonchev–Trinajstić information content (AvgIpc) is 2.58. The smallest absolute Gasteiger partial charge is 0.277 e. The maximum absolute atomic E-state index is 12.1. The number of carbonyl (C=O) groups excluding carboxylic acids is 1. The molecular weight excluding hydrogens is 322 g/mol. The van der Waals surface area contributed by atoms with Gasteiger partial charge in [-0.15, -0.1) is 0 Å². The highest BCUT2D eigenvalue weighted by Crippen LogP contribution is 2.58. The van der Waals surface area contributed by atoms with Crippen LogP contribution in [0.5, 0.6) is 0 Å². The van der Waals surface area contributed by atoms with Crippen molar-refractivity contribution in [2.24, 2.45) is 0 Å². The third kappa shape index (κ3) is 3.54. The summed E-state index contributed by atoms with van der Waals surface area (Å²) in [6.07, 6.45) is 0.528. The Balaban J connectivity index is 1.95. The molecule has 0 bridgehead atoms. The zero-order chi connectivity index (χ0) is 15.7. The maximum atomic E-state index is 12.1. The standard InChI is InChI=1S/C11H15NO7S2/c13-11-9-5-1-2-6-10(9)20(14,15)12(11)7-3-4-8-19-21(16,17)18/h1-2,5-6,14-15H,3-4,7-8H2,(H,16,17,18). The van der Waals surface area contributed by atoms with E-state index < -0.39 is 27.1 Å². The first kappa shape index (κ1) is 16.2. The summed E-state index contributed by atoms with van der Waals surface area (Å²) in [4.78, 5) is 12.3. The van der Waals surface area contributed by atoms with Crippen molar-refractivity contribution in [3.8, 4) is 0 Å². The molecule has 0 aromatic heterocycles. The molecular formula is C11H15NO7S2. The zero-order valence-electron chi connectivity index (χ0n) is 10.9. The molecule has 0 saturated carbocycles. The molecule has 0 spiro atoms. The summed E-state index contributed by atoms with van der Waals surface area (Å²) < 4.78 is 54.5. The van der Waals surface area contributed by atoms with E-state index in [0.717, 1.165) is 4.31 Å². The molecule has 118 valence electrons. The number of unbranched alkanes of at least 4 members (excludes halogenated alkanes) is 1. The van der Waals surface area contributed by atoms with Gasteiger partial charge in [-0.2, -0.15) is 8.42 Å². The molecule has 1 aliphatic rings. The minimum Gasteiger partial charge on any atom is -0.277 e. The fraction of sp³-hybridized carbons (Fsp3) is 0.364. The van der Waals surface area contributed by atoms with Gasteiger partial charge in [0, 0.05) is 6.54 Å². The largest absolute Gasteiger partial charge is 0.397 e. The van der Waals surface area contributed by atoms with Crippen LogP contribution in [-0.2, 0) is 14.6 Å². The Bertz CT molecular complexity index is 644. The first-order valence-electron chi connectivity index (χ1n) is 6.04. The normalized spacial score (nSPS) is 18.6. The van der Waals surface area contributed by atoms with E-state index in [-0.39, 0.29) is 30.0 Å². The Morgan fingerprint density at radius 1 is 1.19 bits per heavy atom. The van der Waals surface area contributed by atoms with Crippen molar-refractivity contribution in [2.45, 2.75) is 17.7 Å². The quantitative estimate of drug-likeness (QED) is 0.533. The Kier molecular flexibility index (Phi) is 4.56. The van der Waals surface area contributed by atoms with Crippen molar-refractivity contribution in [3.05, 3.63) is 29.8 Å². The zero-order valence-corrected chi connectivity index (χ0v) is 12.5. The van der Waals surface area contributed by atoms with Crippen molar-refractivity contribution in [1.82, 2.24) is 4.31 Å². The first-order chi connectivity index (χ1) is 9.73. The average molecular weight is 337 g/mol. The van der Waals surface area contributed by atoms with Crippen LogP contribution in [0.25, 0.3) is 0 Å². The van der Waals surface area contributed by atoms with Crippen LogP contribution < -0.4 is 0 Å². The summed E-state index contributed by atoms with van der Waals surface area (Å²) in [5.41, 5.74) is 0.256. The molecule has 1 aliphatic heterocycles. The number of carbonyl (C=O) groups is 1. The van der Waals surface area contributed by atoms with Crippen molar-refractivity contribution in [3.63, 3.8) is 0 Å². The molecule has 0 unspecified atom stereocenters. The number of fused-ring (bicyclic) bond motifs is 1. The van der Waals surface area contributed by atoms with E-state index in [0.29, 0.717) is 6.42 Å². The van der Waals surface area contributed by atoms with Gasteiger partial charge < -0.3 is 0 Å². The molecule has 1 heterocycles. The molecule has 0 saturated heterocycles. The fourth-order valence-electron chi connectivity index (χ4n) is 2.00. The van der Waals surface area contributed by atoms with Gasteiger partial charge in [0.1, 0.15) is 0 Å². The summed E-state index contributed by atoms with van der Waals surface area (Å²) in [6, 6.07) is 6.26. The van der Waals surface area contributed by atoms with Crippen LogP contribution >= 0.6 is 10.8 Å². The number of amides is 1. The molecule has 0 atom stereocenters. The Morgan fingerprint density at radius 2 is 1.86 bits per heavy atom. The van der Waals surface area contributed by atoms with E-state index in [1.165, 1.54) is 12.1 Å². The van der Waals surface area contributed by atoms with Crippen LogP contribution in [0.1, 0.15) is 23.2 Å². The van der Waals surface area contributed by atoms with E-state index in [9.17, 15) is 22.3 Å². The second-order valence-corrected chi connectivity index (χ2v) is 7.39. The van der Waals surface area contributed by atoms with Crippen LogP contribution in [0.3, 0.4) is 0 Å². The van der Waals surface area contributed by atoms with Crippen LogP contribution in [0.2, 0.25) is 0 Å². The predicted molar refractivity (Wildman–Crippen MR) is 75.3 cm³/mol. The minimum absolute atomic E-state index is 0.0463. The van der Waals surface area contributed by atoms with Crippen molar-refractivity contribution in [1.29, 1.82) is 0 Å². The lowest BCUT2D eigenvalue weighted by atomic mass is 10.2. The van der Waals surface area contributed by atoms with E-state index in [2.05, 4.69) is 4.18 Å². The maximum Gasteiger partial charge on any atom is 0.397 e. The molecule has 0 aliphatic carbocycles. The molecule has 8 nitrogen and oxygen atoms in total. The molecule has 21 heavy (non-hydrogen) atoms. The molecule has 1 aromatic carbocycles. The van der Waals surface area contributed by atoms with E-state index >= 15 is 0 Å². The molecule has 0 radical (unpaired) electrons. The second kappa shape index (κ2) is 5.91. The van der Waals surface area contributed by atoms with Gasteiger partial charge in [-0.1, -0.05) is 22.9 Å². The molecule has 1 aromatic rings. The van der Waals surface area contributed by atoms with Gasteiger partial charge in [0.2, 0.25) is 0 Å². The molecule has 3 N–H and O–H groups in total. The van der Waals surface area contributed by atoms with Gasteiger partial charge in [0.05, 0.1) is 17.1 Å². The summed E-state index contributed by atoms with van der Waals surface area (Å²) in [7, 11) is -7.81. The SMILES string of the molecule is O=C1c2ccccc2S(O)(O)N1CCCCOS(=O)(=O)O. The van der Waals surface area contributed by atoms with E-state index in [1.54, 1.807) is 12.1 Å². The number of rotatable bonds is 6. The summed E-state index contributed by atoms with van der Waals surface area (Å²) >= 11 is 0. The highest BCUT2D eigenvalue weighted by molar-refractivity contribution is 8.23. The number of nitrogens with zero attached hydrogens (tertiary/aromatic N) is 1. The molecule has 2 rings (SSSR count). The lowest BCUT2D eigenvalue weighted by Crippen LogP contribution is -2.28. The highest BCUT2D eigenvalue weighted by Gasteiger charge is 2.40. The fourth-order valence-corrected chi connectivity index (χ4v) is 3.99. The Morgan fingerprint density at radius 3 is 2.48 bits per heavy atom. The number of hydrogen-bond acceptors (Lipinski definition) is 6. The van der Waals surface area contributed by atoms with Gasteiger partial charge in [-0.3, -0.25) is 18.5 Å². The Labute approximate surface area is 123 Å². The Hall–Kier alpha value is -1.17. The monoisotopic (exact) mass is 337 g/mol. The third-order valence-electron chi connectivity index (χ3n) is 2.93. The van der Waals surface area contributed by atoms with Crippen LogP contribution in [0.4, 0.5) is 0 Å². The second-order valence-electron chi connectivity index (χ2n) is 4.38. The molecule has 10 heteroatoms. The van der Waals surface area contributed by atoms with Crippen LogP contribution in [0.15, 0.2) is 29.2 Å². The van der Waals surface area contributed by atoms with Crippen molar-refractivity contribution >= 4 is 27.1 Å². The minimum atomic E-state index is -4.48. The highest BCUT2D eigenvalue weighted by atomic mass is 32.3. The lowest BCUT2D eigenvalue weighted by Gasteiger charge is -2.36. The summed E-state index contributed by atoms with van der Waals surface area (Å²) in [5.74, 6) is -0.471. The summed E-state index contributed by atoms with van der Waals surface area (Å²) in [6.45, 7) is -0.197. The van der Waals surface area contributed by atoms with Gasteiger partial charge >= 0.3 is 10.4 Å². The van der Waals surface area contributed by atoms with E-state index in [1.807, 2.05) is 0 Å². The molecule has 1 amide bonds. The lowest BCUT2D eigenvalue weighted by molar-refractivity contribution is 0.0859. The first-order valence-corrected chi connectivity index (χ1v) is 8.91. The number of benzene rings is 1. The van der Waals surface area contributed by atoms with Gasteiger partial charge in [-0.05, 0) is 25.0 Å². The third-order valence-corrected chi connectivity index (χ3v) is 5.31. The van der Waals surface area contributed by atoms with E-state index in [4.69, 9.17) is 4.55 Å². The number of hydrogen-bond donors (Lipinski definition) is 3. The van der Waals surface area contributed by atoms with Gasteiger partial charge in [0.25, 0.3) is 5.91 Å². The molecule has 0 fully saturated rings. The van der Waals surface area contributed by atoms with Crippen LogP contribution in [-0.4, -0.2) is 45.4 Å².